The van der Waals surface area contributed by atoms with Crippen LogP contribution in [-0.4, -0.2) is 26.2 Å². The van der Waals surface area contributed by atoms with E-state index in [0.29, 0.717) is 36.2 Å². The largest absolute Gasteiger partial charge is 0.323 e. The molecule has 0 atom stereocenters. The highest BCUT2D eigenvalue weighted by Crippen LogP contribution is 2.41. The van der Waals surface area contributed by atoms with Crippen LogP contribution in [0.5, 0.6) is 0 Å². The van der Waals surface area contributed by atoms with Gasteiger partial charge in [-0.1, -0.05) is 0 Å². The smallest absolute Gasteiger partial charge is 0.310 e. The lowest BCUT2D eigenvalue weighted by Crippen LogP contribution is -2.27. The van der Waals surface area contributed by atoms with E-state index in [9.17, 15) is 23.3 Å². The number of rotatable bonds is 4. The molecule has 2 aromatic heterocycles. The van der Waals surface area contributed by atoms with E-state index in [1.807, 2.05) is 0 Å². The van der Waals surface area contributed by atoms with Crippen LogP contribution in [0.2, 0.25) is 0 Å². The summed E-state index contributed by atoms with van der Waals surface area (Å²) in [6.07, 6.45) is 2.77. The maximum absolute atomic E-state index is 14.7. The van der Waals surface area contributed by atoms with E-state index >= 15 is 0 Å². The quantitative estimate of drug-likeness (QED) is 0.472. The molecule has 0 bridgehead atoms. The Labute approximate surface area is 163 Å². The number of hydrogen-bond donors (Lipinski definition) is 0. The topological polar surface area (TPSA) is 77.1 Å². The number of hydrogen-bond acceptors (Lipinski definition) is 5. The molecule has 1 aliphatic rings. The van der Waals surface area contributed by atoms with Crippen LogP contribution in [0.1, 0.15) is 24.0 Å². The molecule has 0 amide bonds. The minimum Gasteiger partial charge on any atom is -0.323 e. The molecule has 7 nitrogen and oxygen atoms in total. The maximum Gasteiger partial charge on any atom is 0.310 e. The number of aromatic nitrogens is 3. The van der Waals surface area contributed by atoms with Gasteiger partial charge in [-0.25, -0.2) is 13.8 Å². The number of benzene rings is 1. The summed E-state index contributed by atoms with van der Waals surface area (Å²) in [5.74, 6) is -1.32. The van der Waals surface area contributed by atoms with Gasteiger partial charge >= 0.3 is 5.69 Å². The van der Waals surface area contributed by atoms with Crippen molar-refractivity contribution in [1.29, 1.82) is 0 Å². The third kappa shape index (κ3) is 3.30. The first kappa shape index (κ1) is 18.9. The van der Waals surface area contributed by atoms with Gasteiger partial charge in [0.2, 0.25) is 5.82 Å². The van der Waals surface area contributed by atoms with Crippen LogP contribution in [0.15, 0.2) is 36.8 Å². The monoisotopic (exact) mass is 403 g/mol. The van der Waals surface area contributed by atoms with Crippen LogP contribution >= 0.6 is 0 Å². The second-order valence-corrected chi connectivity index (χ2v) is 6.75. The molecule has 4 rings (SSSR count). The summed E-state index contributed by atoms with van der Waals surface area (Å²) in [5, 5.41) is 15.1. The van der Waals surface area contributed by atoms with Crippen molar-refractivity contribution in [3.63, 3.8) is 0 Å². The SMILES string of the molecule is Cn1cc(-c2cc3c(cc2C(F)F)N(c2nccc([N+](=O)[O-])c2F)CCC3)cn1. The summed E-state index contributed by atoms with van der Waals surface area (Å²) in [5.41, 5.74) is 1.12. The molecule has 0 unspecified atom stereocenters. The summed E-state index contributed by atoms with van der Waals surface area (Å²) in [4.78, 5) is 15.6. The molecule has 29 heavy (non-hydrogen) atoms. The minimum atomic E-state index is -2.76. The van der Waals surface area contributed by atoms with Crippen molar-refractivity contribution in [2.75, 3.05) is 11.4 Å². The predicted molar refractivity (Wildman–Crippen MR) is 99.8 cm³/mol. The van der Waals surface area contributed by atoms with Gasteiger partial charge < -0.3 is 4.90 Å². The predicted octanol–water partition coefficient (Wildman–Crippen LogP) is 4.55. The van der Waals surface area contributed by atoms with Crippen molar-refractivity contribution in [3.05, 3.63) is 63.8 Å². The minimum absolute atomic E-state index is 0.213. The Kier molecular flexibility index (Phi) is 4.69. The summed E-state index contributed by atoms with van der Waals surface area (Å²) in [7, 11) is 1.70. The lowest BCUT2D eigenvalue weighted by molar-refractivity contribution is -0.387. The number of fused-ring (bicyclic) bond motifs is 1. The molecular weight excluding hydrogens is 387 g/mol. The van der Waals surface area contributed by atoms with E-state index in [2.05, 4.69) is 10.1 Å². The number of alkyl halides is 2. The van der Waals surface area contributed by atoms with Gasteiger partial charge in [-0.3, -0.25) is 14.8 Å². The molecule has 150 valence electrons. The Morgan fingerprint density at radius 2 is 2.10 bits per heavy atom. The summed E-state index contributed by atoms with van der Waals surface area (Å²) >= 11 is 0. The number of nitro groups is 1. The molecule has 1 aromatic carbocycles. The fourth-order valence-electron chi connectivity index (χ4n) is 3.61. The van der Waals surface area contributed by atoms with E-state index in [-0.39, 0.29) is 11.4 Å². The summed E-state index contributed by atoms with van der Waals surface area (Å²) in [6, 6.07) is 3.95. The third-order valence-corrected chi connectivity index (χ3v) is 4.92. The highest BCUT2D eigenvalue weighted by Gasteiger charge is 2.29. The van der Waals surface area contributed by atoms with Crippen molar-refractivity contribution in [2.45, 2.75) is 19.3 Å². The average molecular weight is 403 g/mol. The van der Waals surface area contributed by atoms with Gasteiger partial charge in [-0.05, 0) is 36.1 Å². The molecule has 3 aromatic rings. The van der Waals surface area contributed by atoms with Crippen LogP contribution in [0.4, 0.5) is 30.4 Å². The van der Waals surface area contributed by atoms with Crippen molar-refractivity contribution in [3.8, 4) is 11.1 Å². The van der Waals surface area contributed by atoms with Gasteiger partial charge in [0.05, 0.1) is 11.1 Å². The van der Waals surface area contributed by atoms with Gasteiger partial charge in [0.15, 0.2) is 5.82 Å². The molecule has 3 heterocycles. The van der Waals surface area contributed by atoms with E-state index in [1.54, 1.807) is 19.3 Å². The zero-order chi connectivity index (χ0) is 20.7. The van der Waals surface area contributed by atoms with Crippen LogP contribution < -0.4 is 4.90 Å². The van der Waals surface area contributed by atoms with E-state index in [1.165, 1.54) is 21.8 Å². The second-order valence-electron chi connectivity index (χ2n) is 6.75. The third-order valence-electron chi connectivity index (χ3n) is 4.92. The average Bonchev–Trinajstić information content (AvgIpc) is 3.12. The Bertz CT molecular complexity index is 1100. The first-order valence-corrected chi connectivity index (χ1v) is 8.87. The molecule has 0 saturated carbocycles. The molecule has 0 N–H and O–H groups in total. The standard InChI is InChI=1S/C19H16F3N5O2/c1-25-10-12(9-24-25)13-7-11-3-2-6-26(16(11)8-14(13)18(21)22)19-17(20)15(27(28)29)4-5-23-19/h4-5,7-10,18H,2-3,6H2,1H3. The first-order valence-electron chi connectivity index (χ1n) is 8.87. The lowest BCUT2D eigenvalue weighted by atomic mass is 9.93. The van der Waals surface area contributed by atoms with Gasteiger partial charge in [0, 0.05) is 48.9 Å². The Hall–Kier alpha value is -3.43. The van der Waals surface area contributed by atoms with Gasteiger partial charge in [-0.2, -0.15) is 9.49 Å². The molecular formula is C19H16F3N5O2. The molecule has 10 heteroatoms. The molecule has 0 saturated heterocycles. The highest BCUT2D eigenvalue weighted by molar-refractivity contribution is 5.76. The lowest BCUT2D eigenvalue weighted by Gasteiger charge is -2.31. The normalized spacial score (nSPS) is 13.6. The van der Waals surface area contributed by atoms with Crippen molar-refractivity contribution < 1.29 is 18.1 Å². The molecule has 0 spiro atoms. The van der Waals surface area contributed by atoms with Gasteiger partial charge in [0.25, 0.3) is 6.43 Å². The number of nitrogens with zero attached hydrogens (tertiary/aromatic N) is 5. The number of halogens is 3. The molecule has 0 radical (unpaired) electrons. The zero-order valence-corrected chi connectivity index (χ0v) is 15.3. The van der Waals surface area contributed by atoms with Crippen LogP contribution in [0.3, 0.4) is 0 Å². The fourth-order valence-corrected chi connectivity index (χ4v) is 3.61. The van der Waals surface area contributed by atoms with Gasteiger partial charge in [-0.15, -0.1) is 0 Å². The highest BCUT2D eigenvalue weighted by atomic mass is 19.3. The fraction of sp³-hybridized carbons (Fsp3) is 0.263. The zero-order valence-electron chi connectivity index (χ0n) is 15.3. The number of anilines is 2. The Balaban J connectivity index is 1.88. The van der Waals surface area contributed by atoms with Crippen molar-refractivity contribution in [2.24, 2.45) is 7.05 Å². The first-order chi connectivity index (χ1) is 13.9. The van der Waals surface area contributed by atoms with E-state index in [4.69, 9.17) is 0 Å². The number of aryl methyl sites for hydroxylation is 2. The van der Waals surface area contributed by atoms with Crippen molar-refractivity contribution >= 4 is 17.2 Å². The maximum atomic E-state index is 14.7. The van der Waals surface area contributed by atoms with Crippen LogP contribution in [0, 0.1) is 15.9 Å². The van der Waals surface area contributed by atoms with E-state index < -0.39 is 22.9 Å². The summed E-state index contributed by atoms with van der Waals surface area (Å²) < 4.78 is 43.9. The second kappa shape index (κ2) is 7.19. The Morgan fingerprint density at radius 3 is 2.76 bits per heavy atom. The molecule has 1 aliphatic heterocycles. The molecule has 0 fully saturated rings. The Morgan fingerprint density at radius 1 is 1.31 bits per heavy atom. The number of pyridine rings is 1. The van der Waals surface area contributed by atoms with Crippen LogP contribution in [-0.2, 0) is 13.5 Å². The summed E-state index contributed by atoms with van der Waals surface area (Å²) in [6.45, 7) is 0.313. The van der Waals surface area contributed by atoms with Gasteiger partial charge in [0.1, 0.15) is 0 Å². The van der Waals surface area contributed by atoms with Crippen molar-refractivity contribution in [1.82, 2.24) is 14.8 Å². The van der Waals surface area contributed by atoms with Crippen LogP contribution in [0.25, 0.3) is 11.1 Å². The molecule has 0 aliphatic carbocycles. The van der Waals surface area contributed by atoms with E-state index in [0.717, 1.165) is 17.8 Å².